The third kappa shape index (κ3) is 2.72. The molecule has 0 saturated carbocycles. The summed E-state index contributed by atoms with van der Waals surface area (Å²) in [5, 5.41) is 4.11. The molecule has 0 unspecified atom stereocenters. The molecule has 0 aliphatic carbocycles. The van der Waals surface area contributed by atoms with Crippen LogP contribution in [0, 0.1) is 0 Å². The van der Waals surface area contributed by atoms with Crippen LogP contribution in [-0.2, 0) is 6.54 Å². The van der Waals surface area contributed by atoms with Crippen LogP contribution in [0.3, 0.4) is 0 Å². The highest BCUT2D eigenvalue weighted by molar-refractivity contribution is 5.94. The van der Waals surface area contributed by atoms with Crippen molar-refractivity contribution in [1.29, 1.82) is 0 Å². The number of rotatable bonds is 4. The Morgan fingerprint density at radius 3 is 2.53 bits per heavy atom. The molecule has 0 aliphatic heterocycles. The van der Waals surface area contributed by atoms with E-state index in [2.05, 4.69) is 5.10 Å². The van der Waals surface area contributed by atoms with Crippen LogP contribution in [0.2, 0.25) is 0 Å². The van der Waals surface area contributed by atoms with Crippen LogP contribution < -0.4 is 4.74 Å². The van der Waals surface area contributed by atoms with E-state index in [4.69, 9.17) is 4.74 Å². The Kier molecular flexibility index (Phi) is 3.23. The molecule has 0 spiro atoms. The lowest BCUT2D eigenvalue weighted by atomic mass is 10.1. The van der Waals surface area contributed by atoms with E-state index in [9.17, 15) is 4.79 Å². The normalized spacial score (nSPS) is 10.2. The van der Waals surface area contributed by atoms with Crippen LogP contribution in [0.5, 0.6) is 11.5 Å². The molecule has 4 heteroatoms. The predicted molar refractivity (Wildman–Crippen MR) is 64.4 cm³/mol. The number of ether oxygens (including phenoxy) is 1. The average molecular weight is 230 g/mol. The van der Waals surface area contributed by atoms with Gasteiger partial charge in [0.2, 0.25) is 0 Å². The van der Waals surface area contributed by atoms with Crippen molar-refractivity contribution in [2.75, 3.05) is 0 Å². The van der Waals surface area contributed by atoms with Gasteiger partial charge < -0.3 is 4.74 Å². The molecule has 2 rings (SSSR count). The fraction of sp³-hybridized carbons (Fsp3) is 0.231. The Morgan fingerprint density at radius 2 is 2.00 bits per heavy atom. The first kappa shape index (κ1) is 11.4. The van der Waals surface area contributed by atoms with Crippen LogP contribution in [-0.4, -0.2) is 15.6 Å². The number of ketones is 1. The average Bonchev–Trinajstić information content (AvgIpc) is 2.77. The van der Waals surface area contributed by atoms with Crippen molar-refractivity contribution in [3.05, 3.63) is 42.2 Å². The van der Waals surface area contributed by atoms with Crippen molar-refractivity contribution < 1.29 is 9.53 Å². The highest BCUT2D eigenvalue weighted by Crippen LogP contribution is 2.21. The van der Waals surface area contributed by atoms with E-state index in [1.807, 2.05) is 13.1 Å². The van der Waals surface area contributed by atoms with Gasteiger partial charge in [-0.1, -0.05) is 0 Å². The number of hydrogen-bond donors (Lipinski definition) is 0. The summed E-state index contributed by atoms with van der Waals surface area (Å²) in [7, 11) is 0. The first-order valence-electron chi connectivity index (χ1n) is 5.50. The molecule has 0 bridgehead atoms. The number of benzene rings is 1. The Bertz CT molecular complexity index is 514. The topological polar surface area (TPSA) is 44.1 Å². The second kappa shape index (κ2) is 4.82. The number of carbonyl (C=O) groups excluding carboxylic acids is 1. The Balaban J connectivity index is 2.10. The van der Waals surface area contributed by atoms with Gasteiger partial charge in [0.1, 0.15) is 5.75 Å². The Labute approximate surface area is 99.8 Å². The number of Topliss-reactive ketones (excluding diaryl/α,β-unsaturated/α-hetero) is 1. The van der Waals surface area contributed by atoms with Gasteiger partial charge in [0.05, 0.1) is 12.4 Å². The molecular formula is C13H14N2O2. The van der Waals surface area contributed by atoms with Gasteiger partial charge in [0.25, 0.3) is 0 Å². The maximum Gasteiger partial charge on any atom is 0.165 e. The summed E-state index contributed by atoms with van der Waals surface area (Å²) in [5.74, 6) is 1.45. The Morgan fingerprint density at radius 1 is 1.29 bits per heavy atom. The van der Waals surface area contributed by atoms with Crippen molar-refractivity contribution in [2.24, 2.45) is 0 Å². The van der Waals surface area contributed by atoms with Gasteiger partial charge in [-0.25, -0.2) is 0 Å². The minimum atomic E-state index is 0.0513. The summed E-state index contributed by atoms with van der Waals surface area (Å²) < 4.78 is 7.39. The van der Waals surface area contributed by atoms with Crippen LogP contribution in [0.4, 0.5) is 0 Å². The van der Waals surface area contributed by atoms with Crippen molar-refractivity contribution in [3.8, 4) is 11.5 Å². The van der Waals surface area contributed by atoms with Crippen LogP contribution in [0.15, 0.2) is 36.7 Å². The third-order valence-corrected chi connectivity index (χ3v) is 2.43. The molecular weight excluding hydrogens is 216 g/mol. The quantitative estimate of drug-likeness (QED) is 0.758. The zero-order valence-corrected chi connectivity index (χ0v) is 9.88. The minimum absolute atomic E-state index is 0.0513. The van der Waals surface area contributed by atoms with E-state index in [1.54, 1.807) is 42.1 Å². The van der Waals surface area contributed by atoms with Gasteiger partial charge in [0.15, 0.2) is 11.5 Å². The molecule has 0 fully saturated rings. The first-order valence-corrected chi connectivity index (χ1v) is 5.50. The molecule has 0 N–H and O–H groups in total. The summed E-state index contributed by atoms with van der Waals surface area (Å²) in [5.41, 5.74) is 0.682. The fourth-order valence-electron chi connectivity index (χ4n) is 1.46. The molecule has 0 aliphatic rings. The van der Waals surface area contributed by atoms with Crippen LogP contribution in [0.1, 0.15) is 24.2 Å². The van der Waals surface area contributed by atoms with E-state index < -0.39 is 0 Å². The lowest BCUT2D eigenvalue weighted by molar-refractivity contribution is 0.101. The zero-order chi connectivity index (χ0) is 12.3. The summed E-state index contributed by atoms with van der Waals surface area (Å²) >= 11 is 0. The van der Waals surface area contributed by atoms with Crippen LogP contribution >= 0.6 is 0 Å². The number of aryl methyl sites for hydroxylation is 1. The summed E-state index contributed by atoms with van der Waals surface area (Å²) in [6.07, 6.45) is 3.50. The second-order valence-corrected chi connectivity index (χ2v) is 3.71. The number of aromatic nitrogens is 2. The molecule has 0 saturated heterocycles. The fourth-order valence-corrected chi connectivity index (χ4v) is 1.46. The third-order valence-electron chi connectivity index (χ3n) is 2.43. The molecule has 1 heterocycles. The molecule has 17 heavy (non-hydrogen) atoms. The van der Waals surface area contributed by atoms with Crippen molar-refractivity contribution in [2.45, 2.75) is 20.4 Å². The van der Waals surface area contributed by atoms with Gasteiger partial charge in [-0.15, -0.1) is 0 Å². The first-order chi connectivity index (χ1) is 8.19. The highest BCUT2D eigenvalue weighted by Gasteiger charge is 2.02. The zero-order valence-electron chi connectivity index (χ0n) is 9.88. The molecule has 88 valence electrons. The Hall–Kier alpha value is -2.10. The van der Waals surface area contributed by atoms with E-state index in [1.165, 1.54) is 0 Å². The van der Waals surface area contributed by atoms with Gasteiger partial charge in [-0.2, -0.15) is 5.10 Å². The molecule has 1 aromatic heterocycles. The second-order valence-electron chi connectivity index (χ2n) is 3.71. The summed E-state index contributed by atoms with van der Waals surface area (Å²) in [4.78, 5) is 11.1. The highest BCUT2D eigenvalue weighted by atomic mass is 16.5. The van der Waals surface area contributed by atoms with E-state index in [0.29, 0.717) is 17.1 Å². The maximum atomic E-state index is 11.1. The van der Waals surface area contributed by atoms with Crippen molar-refractivity contribution >= 4 is 5.78 Å². The van der Waals surface area contributed by atoms with E-state index in [0.717, 1.165) is 6.54 Å². The van der Waals surface area contributed by atoms with Gasteiger partial charge >= 0.3 is 0 Å². The molecule has 0 atom stereocenters. The number of carbonyl (C=O) groups is 1. The molecule has 4 nitrogen and oxygen atoms in total. The van der Waals surface area contributed by atoms with Crippen molar-refractivity contribution in [1.82, 2.24) is 9.78 Å². The summed E-state index contributed by atoms with van der Waals surface area (Å²) in [6, 6.07) is 7.06. The van der Waals surface area contributed by atoms with Crippen LogP contribution in [0.25, 0.3) is 0 Å². The van der Waals surface area contributed by atoms with Gasteiger partial charge in [-0.3, -0.25) is 9.48 Å². The predicted octanol–water partition coefficient (Wildman–Crippen LogP) is 2.90. The summed E-state index contributed by atoms with van der Waals surface area (Å²) in [6.45, 7) is 4.37. The molecule has 0 amide bonds. The number of nitrogens with zero attached hydrogens (tertiary/aromatic N) is 2. The lowest BCUT2D eigenvalue weighted by Gasteiger charge is -2.02. The minimum Gasteiger partial charge on any atom is -0.454 e. The molecule has 2 aromatic rings. The van der Waals surface area contributed by atoms with Gasteiger partial charge in [-0.05, 0) is 38.1 Å². The molecule has 1 aromatic carbocycles. The maximum absolute atomic E-state index is 11.1. The SMILES string of the molecule is CCn1cc(Oc2ccc(C(C)=O)cc2)cn1. The standard InChI is InChI=1S/C13H14N2O2/c1-3-15-9-13(8-14-15)17-12-6-4-11(5-7-12)10(2)16/h4-9H,3H2,1-2H3. The molecule has 0 radical (unpaired) electrons. The lowest BCUT2D eigenvalue weighted by Crippen LogP contribution is -1.92. The smallest absolute Gasteiger partial charge is 0.165 e. The monoisotopic (exact) mass is 230 g/mol. The van der Waals surface area contributed by atoms with E-state index >= 15 is 0 Å². The van der Waals surface area contributed by atoms with Crippen molar-refractivity contribution in [3.63, 3.8) is 0 Å². The largest absolute Gasteiger partial charge is 0.454 e. The van der Waals surface area contributed by atoms with E-state index in [-0.39, 0.29) is 5.78 Å². The number of hydrogen-bond acceptors (Lipinski definition) is 3. The van der Waals surface area contributed by atoms with Gasteiger partial charge in [0, 0.05) is 12.1 Å².